The zero-order chi connectivity index (χ0) is 23.1. The van der Waals surface area contributed by atoms with Gasteiger partial charge in [0.2, 0.25) is 5.91 Å². The molecule has 0 aromatic heterocycles. The number of carboxylic acids is 1. The zero-order valence-electron chi connectivity index (χ0n) is 18.6. The van der Waals surface area contributed by atoms with Gasteiger partial charge in [-0.05, 0) is 38.7 Å². The fraction of sp³-hybridized carbons (Fsp3) is 0.609. The van der Waals surface area contributed by atoms with Crippen LogP contribution in [0.4, 0.5) is 0 Å². The third kappa shape index (κ3) is 5.85. The number of likely N-dealkylation sites (tertiary alicyclic amines) is 1. The molecule has 1 aromatic carbocycles. The largest absolute Gasteiger partial charge is 0.480 e. The summed E-state index contributed by atoms with van der Waals surface area (Å²) in [6, 6.07) is 7.28. The molecular weight excluding hydrogens is 416 g/mol. The average molecular weight is 449 g/mol. The highest BCUT2D eigenvalue weighted by Crippen LogP contribution is 2.33. The van der Waals surface area contributed by atoms with Gasteiger partial charge in [-0.25, -0.2) is 4.79 Å². The van der Waals surface area contributed by atoms with Gasteiger partial charge >= 0.3 is 11.9 Å². The van der Waals surface area contributed by atoms with Gasteiger partial charge < -0.3 is 24.2 Å². The van der Waals surface area contributed by atoms with Crippen molar-refractivity contribution >= 4 is 17.8 Å². The minimum atomic E-state index is -1.07. The maximum absolute atomic E-state index is 13.3. The fourth-order valence-electron chi connectivity index (χ4n) is 4.27. The van der Waals surface area contributed by atoms with E-state index in [9.17, 15) is 19.5 Å². The standard InChI is InChI=1S/C23H32N2O7/c1-3-30-22(29)18(10-9-17-7-5-4-6-8-17)24-16(2)20(26)25-15-23(31-13-14-32-23)12-11-19(25)21(27)28/h4-8,16,18-19,24H,3,9-15H2,1-2H3,(H,27,28)/t16-,18?,19-/m0/s1. The van der Waals surface area contributed by atoms with Crippen molar-refractivity contribution in [3.8, 4) is 0 Å². The SMILES string of the molecule is CCOC(=O)C(CCc1ccccc1)N[C@@H](C)C(=O)N1CC2(CC[C@H]1C(=O)O)OCCO2. The van der Waals surface area contributed by atoms with Gasteiger partial charge in [-0.15, -0.1) is 0 Å². The van der Waals surface area contributed by atoms with Gasteiger partial charge in [0.05, 0.1) is 32.4 Å². The molecule has 0 bridgehead atoms. The van der Waals surface area contributed by atoms with E-state index in [0.717, 1.165) is 5.56 Å². The molecule has 0 aliphatic carbocycles. The van der Waals surface area contributed by atoms with Crippen molar-refractivity contribution < 1.29 is 33.7 Å². The molecule has 3 rings (SSSR count). The lowest BCUT2D eigenvalue weighted by Crippen LogP contribution is -2.61. The van der Waals surface area contributed by atoms with Crippen LogP contribution in [0.2, 0.25) is 0 Å². The summed E-state index contributed by atoms with van der Waals surface area (Å²) >= 11 is 0. The normalized spacial score (nSPS) is 21.8. The summed E-state index contributed by atoms with van der Waals surface area (Å²) in [5.74, 6) is -2.86. The molecule has 2 fully saturated rings. The van der Waals surface area contributed by atoms with Crippen LogP contribution in [0.15, 0.2) is 30.3 Å². The second kappa shape index (κ2) is 10.9. The topological polar surface area (TPSA) is 114 Å². The molecule has 1 amide bonds. The van der Waals surface area contributed by atoms with Crippen molar-refractivity contribution in [1.29, 1.82) is 0 Å². The number of nitrogens with one attached hydrogen (secondary N) is 1. The van der Waals surface area contributed by atoms with Crippen LogP contribution in [0.3, 0.4) is 0 Å². The molecule has 1 unspecified atom stereocenters. The van der Waals surface area contributed by atoms with E-state index in [2.05, 4.69) is 5.32 Å². The molecule has 9 nitrogen and oxygen atoms in total. The molecule has 2 aliphatic rings. The van der Waals surface area contributed by atoms with E-state index in [4.69, 9.17) is 14.2 Å². The molecule has 0 saturated carbocycles. The predicted molar refractivity (Wildman–Crippen MR) is 115 cm³/mol. The number of amides is 1. The molecule has 1 spiro atoms. The molecule has 2 aliphatic heterocycles. The molecule has 32 heavy (non-hydrogen) atoms. The van der Waals surface area contributed by atoms with Crippen molar-refractivity contribution in [3.63, 3.8) is 0 Å². The van der Waals surface area contributed by atoms with Gasteiger partial charge in [0.25, 0.3) is 0 Å². The highest BCUT2D eigenvalue weighted by atomic mass is 16.7. The average Bonchev–Trinajstić information content (AvgIpc) is 3.24. The number of carbonyl (C=O) groups is 3. The summed E-state index contributed by atoms with van der Waals surface area (Å²) in [4.78, 5) is 38.9. The predicted octanol–water partition coefficient (Wildman–Crippen LogP) is 1.35. The minimum absolute atomic E-state index is 0.0446. The quantitative estimate of drug-likeness (QED) is 0.544. The van der Waals surface area contributed by atoms with Crippen molar-refractivity contribution in [1.82, 2.24) is 10.2 Å². The highest BCUT2D eigenvalue weighted by Gasteiger charge is 2.48. The van der Waals surface area contributed by atoms with Gasteiger partial charge in [0.1, 0.15) is 12.1 Å². The summed E-state index contributed by atoms with van der Waals surface area (Å²) in [5, 5.41) is 12.7. The molecule has 2 N–H and O–H groups in total. The molecule has 1 aromatic rings. The molecule has 3 atom stereocenters. The molecule has 2 heterocycles. The van der Waals surface area contributed by atoms with Crippen molar-refractivity contribution in [2.45, 2.75) is 63.4 Å². The smallest absolute Gasteiger partial charge is 0.326 e. The number of nitrogens with zero attached hydrogens (tertiary/aromatic N) is 1. The van der Waals surface area contributed by atoms with Crippen LogP contribution in [0.5, 0.6) is 0 Å². The summed E-state index contributed by atoms with van der Waals surface area (Å²) in [6.45, 7) is 4.47. The van der Waals surface area contributed by atoms with E-state index in [1.54, 1.807) is 13.8 Å². The molecular formula is C23H32N2O7. The Morgan fingerprint density at radius 3 is 2.56 bits per heavy atom. The lowest BCUT2D eigenvalue weighted by atomic mass is 9.96. The number of aryl methyl sites for hydroxylation is 1. The van der Waals surface area contributed by atoms with Crippen LogP contribution in [-0.4, -0.2) is 78.1 Å². The number of aliphatic carboxylic acids is 1. The van der Waals surface area contributed by atoms with E-state index in [-0.39, 0.29) is 19.6 Å². The van der Waals surface area contributed by atoms with Crippen LogP contribution in [0.25, 0.3) is 0 Å². The van der Waals surface area contributed by atoms with E-state index in [0.29, 0.717) is 32.5 Å². The van der Waals surface area contributed by atoms with Gasteiger partial charge in [-0.2, -0.15) is 0 Å². The van der Waals surface area contributed by atoms with Crippen molar-refractivity contribution in [2.75, 3.05) is 26.4 Å². The summed E-state index contributed by atoms with van der Waals surface area (Å²) in [7, 11) is 0. The summed E-state index contributed by atoms with van der Waals surface area (Å²) in [5.41, 5.74) is 1.07. The lowest BCUT2D eigenvalue weighted by Gasteiger charge is -2.43. The third-order valence-corrected chi connectivity index (χ3v) is 5.93. The molecule has 176 valence electrons. The number of piperidine rings is 1. The number of ether oxygens (including phenoxy) is 3. The first kappa shape index (κ1) is 24.2. The van der Waals surface area contributed by atoms with Crippen molar-refractivity contribution in [3.05, 3.63) is 35.9 Å². The first-order valence-electron chi connectivity index (χ1n) is 11.1. The van der Waals surface area contributed by atoms with Gasteiger partial charge in [0, 0.05) is 6.42 Å². The van der Waals surface area contributed by atoms with E-state index < -0.39 is 41.8 Å². The summed E-state index contributed by atoms with van der Waals surface area (Å²) in [6.07, 6.45) is 1.73. The Hall–Kier alpha value is -2.49. The van der Waals surface area contributed by atoms with Crippen LogP contribution >= 0.6 is 0 Å². The molecule has 0 radical (unpaired) electrons. The Bertz CT molecular complexity index is 795. The number of esters is 1. The number of benzene rings is 1. The van der Waals surface area contributed by atoms with Gasteiger partial charge in [0.15, 0.2) is 5.79 Å². The number of hydrogen-bond donors (Lipinski definition) is 2. The Morgan fingerprint density at radius 2 is 1.94 bits per heavy atom. The van der Waals surface area contributed by atoms with Gasteiger partial charge in [-0.1, -0.05) is 30.3 Å². The second-order valence-corrected chi connectivity index (χ2v) is 8.18. The number of carboxylic acid groups (broad SMARTS) is 1. The third-order valence-electron chi connectivity index (χ3n) is 5.93. The monoisotopic (exact) mass is 448 g/mol. The maximum Gasteiger partial charge on any atom is 0.326 e. The lowest BCUT2D eigenvalue weighted by molar-refractivity contribution is -0.205. The van der Waals surface area contributed by atoms with E-state index >= 15 is 0 Å². The zero-order valence-corrected chi connectivity index (χ0v) is 18.6. The fourth-order valence-corrected chi connectivity index (χ4v) is 4.27. The summed E-state index contributed by atoms with van der Waals surface area (Å²) < 4.78 is 16.6. The minimum Gasteiger partial charge on any atom is -0.480 e. The van der Waals surface area contributed by atoms with E-state index in [1.165, 1.54) is 4.90 Å². The Labute approximate surface area is 188 Å². The highest BCUT2D eigenvalue weighted by molar-refractivity contribution is 5.88. The Kier molecular flexibility index (Phi) is 8.22. The molecule has 9 heteroatoms. The van der Waals surface area contributed by atoms with Crippen LogP contribution in [0.1, 0.15) is 38.7 Å². The van der Waals surface area contributed by atoms with E-state index in [1.807, 2.05) is 30.3 Å². The van der Waals surface area contributed by atoms with Gasteiger partial charge in [-0.3, -0.25) is 14.9 Å². The van der Waals surface area contributed by atoms with Crippen LogP contribution in [0, 0.1) is 0 Å². The van der Waals surface area contributed by atoms with Crippen LogP contribution < -0.4 is 5.32 Å². The Morgan fingerprint density at radius 1 is 1.25 bits per heavy atom. The number of carbonyl (C=O) groups excluding carboxylic acids is 2. The number of hydrogen-bond acceptors (Lipinski definition) is 7. The molecule has 2 saturated heterocycles. The maximum atomic E-state index is 13.3. The second-order valence-electron chi connectivity index (χ2n) is 8.18. The number of rotatable bonds is 9. The first-order valence-corrected chi connectivity index (χ1v) is 11.1. The Balaban J connectivity index is 1.69. The van der Waals surface area contributed by atoms with Crippen LogP contribution in [-0.2, 0) is 35.0 Å². The first-order chi connectivity index (χ1) is 15.3. The van der Waals surface area contributed by atoms with Crippen molar-refractivity contribution in [2.24, 2.45) is 0 Å².